The normalized spacial score (nSPS) is 33.7. The molecule has 0 aromatic rings. The summed E-state index contributed by atoms with van der Waals surface area (Å²) in [6, 6.07) is -1.19. The van der Waals surface area contributed by atoms with Gasteiger partial charge < -0.3 is 19.7 Å². The maximum atomic E-state index is 12.7. The molecule has 27 heavy (non-hydrogen) atoms. The minimum atomic E-state index is -2.79. The van der Waals surface area contributed by atoms with E-state index in [0.29, 0.717) is 24.8 Å². The lowest BCUT2D eigenvalue weighted by molar-refractivity contribution is -0.132. The number of amides is 3. The molecule has 2 aliphatic carbocycles. The van der Waals surface area contributed by atoms with Crippen molar-refractivity contribution in [3.8, 4) is 0 Å². The van der Waals surface area contributed by atoms with Crippen LogP contribution in [-0.4, -0.2) is 79.9 Å². The predicted molar refractivity (Wildman–Crippen MR) is 93.5 cm³/mol. The van der Waals surface area contributed by atoms with Crippen molar-refractivity contribution < 1.29 is 22.6 Å². The van der Waals surface area contributed by atoms with E-state index in [1.165, 1.54) is 24.3 Å². The Morgan fingerprint density at radius 1 is 1.26 bits per heavy atom. The van der Waals surface area contributed by atoms with Crippen LogP contribution < -0.4 is 5.32 Å². The fourth-order valence-electron chi connectivity index (χ4n) is 5.41. The third-order valence-corrected chi connectivity index (χ3v) is 7.09. The van der Waals surface area contributed by atoms with Gasteiger partial charge in [-0.3, -0.25) is 4.79 Å². The highest BCUT2D eigenvalue weighted by Crippen LogP contribution is 2.49. The van der Waals surface area contributed by atoms with Crippen LogP contribution >= 0.6 is 0 Å². The molecule has 3 saturated heterocycles. The second-order valence-electron chi connectivity index (χ2n) is 9.01. The van der Waals surface area contributed by atoms with E-state index in [-0.39, 0.29) is 18.0 Å². The molecule has 1 unspecified atom stereocenters. The van der Waals surface area contributed by atoms with E-state index in [0.717, 1.165) is 36.9 Å². The number of nitrogens with zero attached hydrogens (tertiary/aromatic N) is 3. The van der Waals surface area contributed by atoms with Gasteiger partial charge in [0, 0.05) is 32.2 Å². The maximum Gasteiger partial charge on any atom is 0.346 e. The van der Waals surface area contributed by atoms with E-state index in [1.54, 1.807) is 0 Å². The number of hydrogen-bond acceptors (Lipinski definition) is 6. The number of urea groups is 1. The van der Waals surface area contributed by atoms with E-state index in [1.807, 2.05) is 0 Å². The number of piperidine rings is 1. The van der Waals surface area contributed by atoms with Gasteiger partial charge in [-0.05, 0) is 49.9 Å². The summed E-state index contributed by atoms with van der Waals surface area (Å²) in [6.45, 7) is 3.89. The first-order valence-electron chi connectivity index (χ1n) is 9.83. The third-order valence-electron chi connectivity index (χ3n) is 6.80. The average molecular weight is 397 g/mol. The Kier molecular flexibility index (Phi) is 4.23. The standard InChI is InChI=1S/C17H26N4O5S/c22-15(14-4-3-13-8-20(14)16(23)21(13)26-27(24)25)18-12-5-17(6-12)9-19(10-17)7-11-1-2-11/h11-14H,1-10H2,(H,18,22)(H,24,25)/p-1/t13-,14+/m1/s1. The third kappa shape index (κ3) is 3.26. The number of carbonyl (C=O) groups is 2. The molecule has 9 nitrogen and oxygen atoms in total. The number of hydroxylamine groups is 2. The molecule has 150 valence electrons. The summed E-state index contributed by atoms with van der Waals surface area (Å²) in [5.41, 5.74) is 0.400. The van der Waals surface area contributed by atoms with Gasteiger partial charge in [0.15, 0.2) is 0 Å². The van der Waals surface area contributed by atoms with Crippen molar-refractivity contribution in [3.05, 3.63) is 0 Å². The lowest BCUT2D eigenvalue weighted by Crippen LogP contribution is -2.67. The molecule has 10 heteroatoms. The molecular formula is C17H25N4O5S-. The van der Waals surface area contributed by atoms with Crippen molar-refractivity contribution in [2.75, 3.05) is 26.2 Å². The first kappa shape index (κ1) is 17.8. The van der Waals surface area contributed by atoms with Gasteiger partial charge in [0.05, 0.1) is 6.04 Å². The Bertz CT molecular complexity index is 672. The highest BCUT2D eigenvalue weighted by Gasteiger charge is 2.54. The minimum absolute atomic E-state index is 0.124. The molecule has 2 saturated carbocycles. The minimum Gasteiger partial charge on any atom is -0.748 e. The Balaban J connectivity index is 1.11. The van der Waals surface area contributed by atoms with Crippen molar-refractivity contribution in [3.63, 3.8) is 0 Å². The summed E-state index contributed by atoms with van der Waals surface area (Å²) < 4.78 is 26.1. The molecule has 0 aromatic heterocycles. The van der Waals surface area contributed by atoms with Crippen molar-refractivity contribution in [1.82, 2.24) is 20.2 Å². The predicted octanol–water partition coefficient (Wildman–Crippen LogP) is -0.0287. The van der Waals surface area contributed by atoms with Crippen LogP contribution in [0.15, 0.2) is 0 Å². The average Bonchev–Trinajstić information content (AvgIpc) is 3.35. The van der Waals surface area contributed by atoms with Crippen LogP contribution in [0, 0.1) is 11.3 Å². The molecule has 5 rings (SSSR count). The van der Waals surface area contributed by atoms with Crippen LogP contribution in [0.1, 0.15) is 38.5 Å². The summed E-state index contributed by atoms with van der Waals surface area (Å²) in [6.07, 6.45) is 5.89. The van der Waals surface area contributed by atoms with Gasteiger partial charge >= 0.3 is 6.03 Å². The molecule has 0 radical (unpaired) electrons. The number of fused-ring (bicyclic) bond motifs is 2. The molecule has 3 amide bonds. The van der Waals surface area contributed by atoms with Gasteiger partial charge in [0.25, 0.3) is 0 Å². The molecule has 0 aromatic carbocycles. The summed E-state index contributed by atoms with van der Waals surface area (Å²) in [5.74, 6) is 0.801. The number of nitrogens with one attached hydrogen (secondary N) is 1. The zero-order chi connectivity index (χ0) is 18.8. The Labute approximate surface area is 160 Å². The highest BCUT2D eigenvalue weighted by molar-refractivity contribution is 7.74. The first-order chi connectivity index (χ1) is 12.9. The largest absolute Gasteiger partial charge is 0.748 e. The van der Waals surface area contributed by atoms with Crippen LogP contribution in [0.5, 0.6) is 0 Å². The van der Waals surface area contributed by atoms with E-state index in [9.17, 15) is 18.4 Å². The molecular weight excluding hydrogens is 372 g/mol. The second-order valence-corrected chi connectivity index (χ2v) is 9.57. The SMILES string of the molecule is O=C(NC1CC2(C1)CN(CC1CC1)C2)[C@@H]1CC[C@@H]2CN1C(=O)N2OS(=O)[O-]. The number of rotatable bonds is 6. The molecule has 3 atom stereocenters. The van der Waals surface area contributed by atoms with Gasteiger partial charge in [-0.2, -0.15) is 9.35 Å². The Morgan fingerprint density at radius 2 is 2.00 bits per heavy atom. The molecule has 2 bridgehead atoms. The molecule has 3 aliphatic heterocycles. The van der Waals surface area contributed by atoms with Gasteiger partial charge in [0.1, 0.15) is 17.4 Å². The van der Waals surface area contributed by atoms with Crippen molar-refractivity contribution in [1.29, 1.82) is 0 Å². The first-order valence-corrected chi connectivity index (χ1v) is 10.8. The van der Waals surface area contributed by atoms with Crippen LogP contribution in [0.4, 0.5) is 4.79 Å². The van der Waals surface area contributed by atoms with E-state index >= 15 is 0 Å². The van der Waals surface area contributed by atoms with E-state index in [4.69, 9.17) is 0 Å². The second kappa shape index (κ2) is 6.40. The van der Waals surface area contributed by atoms with Crippen molar-refractivity contribution >= 4 is 23.3 Å². The lowest BCUT2D eigenvalue weighted by Gasteiger charge is -2.59. The molecule has 1 spiro atoms. The van der Waals surface area contributed by atoms with Crippen LogP contribution in [0.3, 0.4) is 0 Å². The Hall–Kier alpha value is -1.23. The monoisotopic (exact) mass is 397 g/mol. The van der Waals surface area contributed by atoms with Crippen LogP contribution in [0.2, 0.25) is 0 Å². The zero-order valence-corrected chi connectivity index (χ0v) is 16.0. The summed E-state index contributed by atoms with van der Waals surface area (Å²) in [7, 11) is 0. The van der Waals surface area contributed by atoms with Gasteiger partial charge in [-0.25, -0.2) is 9.00 Å². The quantitative estimate of drug-likeness (QED) is 0.631. The van der Waals surface area contributed by atoms with Crippen molar-refractivity contribution in [2.24, 2.45) is 11.3 Å². The topological polar surface area (TPSA) is 105 Å². The number of hydrogen-bond donors (Lipinski definition) is 1. The zero-order valence-electron chi connectivity index (χ0n) is 15.2. The number of carbonyl (C=O) groups excluding carboxylic acids is 2. The summed E-state index contributed by atoms with van der Waals surface area (Å²) in [5, 5.41) is 3.99. The van der Waals surface area contributed by atoms with Gasteiger partial charge in [-0.15, -0.1) is 0 Å². The van der Waals surface area contributed by atoms with E-state index < -0.39 is 23.4 Å². The van der Waals surface area contributed by atoms with E-state index in [2.05, 4.69) is 14.5 Å². The smallest absolute Gasteiger partial charge is 0.346 e. The highest BCUT2D eigenvalue weighted by atomic mass is 32.2. The van der Waals surface area contributed by atoms with Crippen LogP contribution in [-0.2, 0) is 20.4 Å². The van der Waals surface area contributed by atoms with Crippen molar-refractivity contribution in [2.45, 2.75) is 56.7 Å². The van der Waals surface area contributed by atoms with Crippen LogP contribution in [0.25, 0.3) is 0 Å². The molecule has 5 aliphatic rings. The lowest BCUT2D eigenvalue weighted by atomic mass is 9.60. The molecule has 1 N–H and O–H groups in total. The van der Waals surface area contributed by atoms with Gasteiger partial charge in [-0.1, -0.05) is 0 Å². The fourth-order valence-corrected chi connectivity index (χ4v) is 5.73. The molecule has 5 fully saturated rings. The Morgan fingerprint density at radius 3 is 2.67 bits per heavy atom. The van der Waals surface area contributed by atoms with Gasteiger partial charge in [0.2, 0.25) is 5.91 Å². The maximum absolute atomic E-state index is 12.7. The number of likely N-dealkylation sites (tertiary alicyclic amines) is 1. The molecule has 3 heterocycles. The fraction of sp³-hybridized carbons (Fsp3) is 0.882. The summed E-state index contributed by atoms with van der Waals surface area (Å²) >= 11 is -2.79. The summed E-state index contributed by atoms with van der Waals surface area (Å²) in [4.78, 5) is 29.0.